The van der Waals surface area contributed by atoms with Crippen LogP contribution in [-0.4, -0.2) is 31.1 Å². The summed E-state index contributed by atoms with van der Waals surface area (Å²) in [7, 11) is 1.69. The number of hydrogen-bond acceptors (Lipinski definition) is 3. The Kier molecular flexibility index (Phi) is 5.47. The molecule has 2 atom stereocenters. The number of nitrogens with two attached hydrogens (primary N) is 1. The SMILES string of the molecule is COc1ccc(C2C(N)CCCN2CC(C)C)cc1Br. The summed E-state index contributed by atoms with van der Waals surface area (Å²) in [6.45, 7) is 6.77. The van der Waals surface area contributed by atoms with Gasteiger partial charge in [-0.25, -0.2) is 0 Å². The van der Waals surface area contributed by atoms with E-state index >= 15 is 0 Å². The van der Waals surface area contributed by atoms with E-state index in [1.807, 2.05) is 6.07 Å². The highest BCUT2D eigenvalue weighted by Gasteiger charge is 2.30. The Morgan fingerprint density at radius 1 is 1.45 bits per heavy atom. The molecule has 0 aliphatic carbocycles. The minimum Gasteiger partial charge on any atom is -0.496 e. The highest BCUT2D eigenvalue weighted by Crippen LogP contribution is 2.35. The molecule has 1 aliphatic rings. The molecule has 2 rings (SSSR count). The van der Waals surface area contributed by atoms with Gasteiger partial charge in [0, 0.05) is 18.6 Å². The summed E-state index contributed by atoms with van der Waals surface area (Å²) < 4.78 is 6.31. The van der Waals surface area contributed by atoms with Gasteiger partial charge in [0.25, 0.3) is 0 Å². The molecule has 1 heterocycles. The van der Waals surface area contributed by atoms with Crippen molar-refractivity contribution in [2.45, 2.75) is 38.8 Å². The molecule has 2 unspecified atom stereocenters. The van der Waals surface area contributed by atoms with Gasteiger partial charge in [-0.3, -0.25) is 4.90 Å². The molecule has 0 spiro atoms. The van der Waals surface area contributed by atoms with Crippen LogP contribution in [0, 0.1) is 5.92 Å². The van der Waals surface area contributed by atoms with Crippen molar-refractivity contribution >= 4 is 15.9 Å². The van der Waals surface area contributed by atoms with Crippen molar-refractivity contribution in [2.24, 2.45) is 11.7 Å². The van der Waals surface area contributed by atoms with Gasteiger partial charge in [-0.15, -0.1) is 0 Å². The maximum Gasteiger partial charge on any atom is 0.133 e. The first-order chi connectivity index (χ1) is 9.52. The predicted octanol–water partition coefficient (Wildman–Crippen LogP) is 3.58. The molecule has 20 heavy (non-hydrogen) atoms. The Morgan fingerprint density at radius 2 is 2.20 bits per heavy atom. The van der Waals surface area contributed by atoms with Gasteiger partial charge in [-0.05, 0) is 58.9 Å². The molecular formula is C16H25BrN2O. The fraction of sp³-hybridized carbons (Fsp3) is 0.625. The summed E-state index contributed by atoms with van der Waals surface area (Å²) >= 11 is 3.58. The lowest BCUT2D eigenvalue weighted by molar-refractivity contribution is 0.114. The van der Waals surface area contributed by atoms with Gasteiger partial charge in [0.2, 0.25) is 0 Å². The highest BCUT2D eigenvalue weighted by molar-refractivity contribution is 9.10. The Balaban J connectivity index is 2.27. The van der Waals surface area contributed by atoms with Gasteiger partial charge < -0.3 is 10.5 Å². The first-order valence-corrected chi connectivity index (χ1v) is 8.15. The number of halogens is 1. The second-order valence-electron chi connectivity index (χ2n) is 6.03. The average molecular weight is 341 g/mol. The van der Waals surface area contributed by atoms with Gasteiger partial charge in [-0.1, -0.05) is 19.9 Å². The van der Waals surface area contributed by atoms with Crippen LogP contribution in [0.1, 0.15) is 38.3 Å². The molecule has 0 amide bonds. The second-order valence-corrected chi connectivity index (χ2v) is 6.89. The van der Waals surface area contributed by atoms with E-state index < -0.39 is 0 Å². The van der Waals surface area contributed by atoms with Crippen LogP contribution in [0.3, 0.4) is 0 Å². The van der Waals surface area contributed by atoms with E-state index in [1.54, 1.807) is 7.11 Å². The maximum atomic E-state index is 6.41. The number of piperidine rings is 1. The van der Waals surface area contributed by atoms with Crippen molar-refractivity contribution in [3.63, 3.8) is 0 Å². The third-order valence-corrected chi connectivity index (χ3v) is 4.52. The Labute approximate surface area is 130 Å². The number of rotatable bonds is 4. The van der Waals surface area contributed by atoms with Crippen molar-refractivity contribution in [2.75, 3.05) is 20.2 Å². The number of benzene rings is 1. The van der Waals surface area contributed by atoms with Gasteiger partial charge >= 0.3 is 0 Å². The number of nitrogens with zero attached hydrogens (tertiary/aromatic N) is 1. The summed E-state index contributed by atoms with van der Waals surface area (Å²) in [5.74, 6) is 1.53. The molecule has 1 aromatic carbocycles. The number of likely N-dealkylation sites (tertiary alicyclic amines) is 1. The molecule has 1 saturated heterocycles. The molecule has 0 aromatic heterocycles. The first-order valence-electron chi connectivity index (χ1n) is 7.36. The van der Waals surface area contributed by atoms with E-state index in [9.17, 15) is 0 Å². The summed E-state index contributed by atoms with van der Waals surface area (Å²) in [6, 6.07) is 6.85. The van der Waals surface area contributed by atoms with Crippen molar-refractivity contribution in [3.05, 3.63) is 28.2 Å². The van der Waals surface area contributed by atoms with Gasteiger partial charge in [0.05, 0.1) is 11.6 Å². The van der Waals surface area contributed by atoms with Gasteiger partial charge in [-0.2, -0.15) is 0 Å². The number of hydrogen-bond donors (Lipinski definition) is 1. The molecular weight excluding hydrogens is 316 g/mol. The smallest absolute Gasteiger partial charge is 0.133 e. The lowest BCUT2D eigenvalue weighted by atomic mass is 9.90. The minimum atomic E-state index is 0.211. The largest absolute Gasteiger partial charge is 0.496 e. The Bertz CT molecular complexity index is 450. The third-order valence-electron chi connectivity index (χ3n) is 3.90. The molecule has 112 valence electrons. The zero-order chi connectivity index (χ0) is 14.7. The van der Waals surface area contributed by atoms with Crippen LogP contribution in [0.2, 0.25) is 0 Å². The van der Waals surface area contributed by atoms with Crippen molar-refractivity contribution in [1.82, 2.24) is 4.90 Å². The van der Waals surface area contributed by atoms with E-state index in [0.29, 0.717) is 12.0 Å². The number of ether oxygens (including phenoxy) is 1. The lowest BCUT2D eigenvalue weighted by Gasteiger charge is -2.41. The lowest BCUT2D eigenvalue weighted by Crippen LogP contribution is -2.47. The van der Waals surface area contributed by atoms with Gasteiger partial charge in [0.1, 0.15) is 5.75 Å². The summed E-state index contributed by atoms with van der Waals surface area (Å²) in [6.07, 6.45) is 2.30. The van der Waals surface area contributed by atoms with E-state index in [2.05, 4.69) is 46.8 Å². The van der Waals surface area contributed by atoms with E-state index in [-0.39, 0.29) is 6.04 Å². The standard InChI is InChI=1S/C16H25BrN2O/c1-11(2)10-19-8-4-5-14(18)16(19)12-6-7-15(20-3)13(17)9-12/h6-7,9,11,14,16H,4-5,8,10,18H2,1-3H3. The molecule has 0 radical (unpaired) electrons. The van der Waals surface area contributed by atoms with Crippen molar-refractivity contribution in [1.29, 1.82) is 0 Å². The van der Waals surface area contributed by atoms with Crippen LogP contribution >= 0.6 is 15.9 Å². The van der Waals surface area contributed by atoms with Crippen LogP contribution < -0.4 is 10.5 Å². The van der Waals surface area contributed by atoms with Gasteiger partial charge in [0.15, 0.2) is 0 Å². The quantitative estimate of drug-likeness (QED) is 0.910. The molecule has 3 nitrogen and oxygen atoms in total. The summed E-state index contributed by atoms with van der Waals surface area (Å²) in [4.78, 5) is 2.53. The molecule has 0 saturated carbocycles. The highest BCUT2D eigenvalue weighted by atomic mass is 79.9. The summed E-state index contributed by atoms with van der Waals surface area (Å²) in [5.41, 5.74) is 7.69. The Morgan fingerprint density at radius 3 is 2.80 bits per heavy atom. The number of methoxy groups -OCH3 is 1. The first kappa shape index (κ1) is 15.8. The topological polar surface area (TPSA) is 38.5 Å². The molecule has 1 aliphatic heterocycles. The summed E-state index contributed by atoms with van der Waals surface area (Å²) in [5, 5.41) is 0. The van der Waals surface area contributed by atoms with Crippen LogP contribution in [0.4, 0.5) is 0 Å². The van der Waals surface area contributed by atoms with Crippen LogP contribution in [-0.2, 0) is 0 Å². The fourth-order valence-electron chi connectivity index (χ4n) is 3.10. The molecule has 1 fully saturated rings. The minimum absolute atomic E-state index is 0.211. The molecule has 4 heteroatoms. The normalized spacial score (nSPS) is 24.1. The molecule has 1 aromatic rings. The second kappa shape index (κ2) is 6.92. The molecule has 2 N–H and O–H groups in total. The van der Waals surface area contributed by atoms with Crippen LogP contribution in [0.25, 0.3) is 0 Å². The maximum absolute atomic E-state index is 6.41. The third kappa shape index (κ3) is 3.54. The monoisotopic (exact) mass is 340 g/mol. The van der Waals surface area contributed by atoms with Crippen molar-refractivity contribution < 1.29 is 4.74 Å². The van der Waals surface area contributed by atoms with Crippen LogP contribution in [0.15, 0.2) is 22.7 Å². The predicted molar refractivity (Wildman–Crippen MR) is 87.1 cm³/mol. The molecule has 0 bridgehead atoms. The van der Waals surface area contributed by atoms with Crippen molar-refractivity contribution in [3.8, 4) is 5.75 Å². The average Bonchev–Trinajstić information content (AvgIpc) is 2.38. The zero-order valence-electron chi connectivity index (χ0n) is 12.6. The zero-order valence-corrected chi connectivity index (χ0v) is 14.2. The van der Waals surface area contributed by atoms with E-state index in [4.69, 9.17) is 10.5 Å². The van der Waals surface area contributed by atoms with E-state index in [0.717, 1.165) is 29.7 Å². The van der Waals surface area contributed by atoms with E-state index in [1.165, 1.54) is 12.0 Å². The Hall–Kier alpha value is -0.580. The van der Waals surface area contributed by atoms with Crippen LogP contribution in [0.5, 0.6) is 5.75 Å². The fourth-order valence-corrected chi connectivity index (χ4v) is 3.65.